The lowest BCUT2D eigenvalue weighted by atomic mass is 10.0. The van der Waals surface area contributed by atoms with Gasteiger partial charge in [0.05, 0.1) is 29.3 Å². The summed E-state index contributed by atoms with van der Waals surface area (Å²) in [7, 11) is 1.48. The molecule has 3 aromatic carbocycles. The second-order valence-electron chi connectivity index (χ2n) is 13.8. The molecule has 1 unspecified atom stereocenters. The van der Waals surface area contributed by atoms with Gasteiger partial charge in [0.25, 0.3) is 29.5 Å². The van der Waals surface area contributed by atoms with E-state index < -0.39 is 66.5 Å². The van der Waals surface area contributed by atoms with Gasteiger partial charge in [-0.1, -0.05) is 41.6 Å². The average Bonchev–Trinajstić information content (AvgIpc) is 3.93. The number of aromatic hydroxyl groups is 1. The van der Waals surface area contributed by atoms with Gasteiger partial charge in [-0.15, -0.1) is 0 Å². The minimum absolute atomic E-state index is 0.0115. The zero-order valence-electron chi connectivity index (χ0n) is 31.0. The van der Waals surface area contributed by atoms with Gasteiger partial charge in [-0.25, -0.2) is 0 Å². The number of aryl methyl sites for hydroxylation is 1. The average molecular weight is 792 g/mol. The van der Waals surface area contributed by atoms with Crippen LogP contribution in [0.3, 0.4) is 0 Å². The van der Waals surface area contributed by atoms with Crippen molar-refractivity contribution < 1.29 is 52.7 Å². The second kappa shape index (κ2) is 16.4. The second-order valence-corrected chi connectivity index (χ2v) is 13.8. The molecule has 58 heavy (non-hydrogen) atoms. The van der Waals surface area contributed by atoms with E-state index in [1.54, 1.807) is 6.07 Å². The summed E-state index contributed by atoms with van der Waals surface area (Å²) in [6.45, 7) is -0.977. The molecule has 4 aromatic rings. The number of carbonyl (C=O) groups is 8. The van der Waals surface area contributed by atoms with Crippen molar-refractivity contribution in [2.75, 3.05) is 33.3 Å². The maximum absolute atomic E-state index is 13.2. The number of rotatable bonds is 13. The molecule has 0 saturated carbocycles. The first-order valence-electron chi connectivity index (χ1n) is 18.3. The van der Waals surface area contributed by atoms with Gasteiger partial charge in [0.2, 0.25) is 17.7 Å². The molecule has 1 aromatic heterocycles. The summed E-state index contributed by atoms with van der Waals surface area (Å²) in [4.78, 5) is 103. The van der Waals surface area contributed by atoms with Gasteiger partial charge in [0.1, 0.15) is 17.5 Å². The molecule has 2 atom stereocenters. The number of carbonyl (C=O) groups excluding carboxylic acids is 8. The van der Waals surface area contributed by atoms with Crippen LogP contribution in [0.1, 0.15) is 78.0 Å². The number of hydrogen-bond donors (Lipinski definition) is 5. The Hall–Kier alpha value is -7.37. The monoisotopic (exact) mass is 791 g/mol. The smallest absolute Gasteiger partial charge is 0.273 e. The number of ether oxygens (including phenoxy) is 1. The maximum atomic E-state index is 13.2. The fourth-order valence-electron chi connectivity index (χ4n) is 7.03. The molecule has 0 bridgehead atoms. The molecule has 3 heterocycles. The highest BCUT2D eigenvalue weighted by Crippen LogP contribution is 2.34. The third-order valence-corrected chi connectivity index (χ3v) is 10.0. The number of likely N-dealkylation sites (N-methyl/N-ethyl adjacent to an activating group) is 1. The van der Waals surface area contributed by atoms with Crippen LogP contribution in [0.2, 0.25) is 0 Å². The summed E-state index contributed by atoms with van der Waals surface area (Å²) in [5.41, 5.74) is 2.57. The Morgan fingerprint density at radius 2 is 1.76 bits per heavy atom. The maximum Gasteiger partial charge on any atom is 0.273 e. The Balaban J connectivity index is 0.842. The molecule has 1 aliphatic carbocycles. The van der Waals surface area contributed by atoms with Crippen LogP contribution in [0.15, 0.2) is 71.3 Å². The molecular formula is C40H37N7O11. The molecule has 5 N–H and O–H groups in total. The number of hydrogen-bond acceptors (Lipinski definition) is 12. The summed E-state index contributed by atoms with van der Waals surface area (Å²) >= 11 is 0. The van der Waals surface area contributed by atoms with Gasteiger partial charge in [-0.2, -0.15) is 0 Å². The molecule has 8 amide bonds. The Morgan fingerprint density at radius 3 is 2.55 bits per heavy atom. The van der Waals surface area contributed by atoms with Crippen LogP contribution in [0.4, 0.5) is 0 Å². The van der Waals surface area contributed by atoms with E-state index in [-0.39, 0.29) is 71.6 Å². The number of imide groups is 2. The quantitative estimate of drug-likeness (QED) is 0.120. The first-order valence-corrected chi connectivity index (χ1v) is 18.3. The van der Waals surface area contributed by atoms with Crippen molar-refractivity contribution in [3.8, 4) is 22.8 Å². The van der Waals surface area contributed by atoms with Gasteiger partial charge >= 0.3 is 0 Å². The molecule has 298 valence electrons. The number of aromatic nitrogens is 1. The topological polar surface area (TPSA) is 247 Å². The van der Waals surface area contributed by atoms with Crippen molar-refractivity contribution in [3.05, 3.63) is 100 Å². The lowest BCUT2D eigenvalue weighted by Crippen LogP contribution is -2.54. The molecule has 18 heteroatoms. The molecule has 1 fully saturated rings. The van der Waals surface area contributed by atoms with Crippen LogP contribution >= 0.6 is 0 Å². The number of amides is 8. The lowest BCUT2D eigenvalue weighted by Gasteiger charge is -2.27. The standard InChI is InChI=1S/C40H37N7O11/c1-46(38(54)24-11-9-22(17-29(24)48)31-18-27(45-58-31)36(52)43-26-12-10-21-5-2-3-6-23(21)26)16-15-41-33(50)19-42-34(51)20-57-30-8-4-7-25-35(30)40(56)47(39(25)55)28-13-14-32(49)44-37(28)53/h2-9,11,17-18,26,28,48H,10,12-16,19-20H2,1H3,(H,41,50)(H,42,51)(H,43,52)(H,44,49,53)/t26-,28?/m1/s1. The summed E-state index contributed by atoms with van der Waals surface area (Å²) in [6.07, 6.45) is 1.59. The molecule has 18 nitrogen and oxygen atoms in total. The number of nitrogens with one attached hydrogen (secondary N) is 4. The molecule has 1 saturated heterocycles. The van der Waals surface area contributed by atoms with Gasteiger partial charge in [-0.05, 0) is 54.7 Å². The summed E-state index contributed by atoms with van der Waals surface area (Å²) in [5.74, 6) is -5.20. The molecule has 0 spiro atoms. The molecule has 0 radical (unpaired) electrons. The predicted octanol–water partition coefficient (Wildman–Crippen LogP) is 1.25. The van der Waals surface area contributed by atoms with Crippen LogP contribution in [-0.4, -0.2) is 107 Å². The van der Waals surface area contributed by atoms with Crippen molar-refractivity contribution in [1.82, 2.24) is 36.2 Å². The molecule has 2 aliphatic heterocycles. The largest absolute Gasteiger partial charge is 0.507 e. The van der Waals surface area contributed by atoms with Crippen LogP contribution in [0, 0.1) is 0 Å². The third-order valence-electron chi connectivity index (χ3n) is 10.0. The molecule has 3 aliphatic rings. The Labute approximate surface area is 329 Å². The van der Waals surface area contributed by atoms with E-state index in [9.17, 15) is 43.5 Å². The van der Waals surface area contributed by atoms with E-state index >= 15 is 0 Å². The van der Waals surface area contributed by atoms with Crippen molar-refractivity contribution in [3.63, 3.8) is 0 Å². The van der Waals surface area contributed by atoms with Crippen molar-refractivity contribution in [2.45, 2.75) is 37.8 Å². The highest BCUT2D eigenvalue weighted by Gasteiger charge is 2.46. The third kappa shape index (κ3) is 7.97. The predicted molar refractivity (Wildman–Crippen MR) is 200 cm³/mol. The first-order chi connectivity index (χ1) is 27.9. The summed E-state index contributed by atoms with van der Waals surface area (Å²) < 4.78 is 10.9. The number of nitrogens with zero attached hydrogens (tertiary/aromatic N) is 3. The number of phenols is 1. The lowest BCUT2D eigenvalue weighted by molar-refractivity contribution is -0.136. The van der Waals surface area contributed by atoms with E-state index in [0.29, 0.717) is 5.56 Å². The van der Waals surface area contributed by atoms with Crippen LogP contribution in [0.25, 0.3) is 11.3 Å². The van der Waals surface area contributed by atoms with Gasteiger partial charge in [0, 0.05) is 38.2 Å². The van der Waals surface area contributed by atoms with Crippen molar-refractivity contribution in [2.24, 2.45) is 0 Å². The highest BCUT2D eigenvalue weighted by atomic mass is 16.5. The first kappa shape index (κ1) is 38.9. The Morgan fingerprint density at radius 1 is 0.948 bits per heavy atom. The fourth-order valence-corrected chi connectivity index (χ4v) is 7.03. The highest BCUT2D eigenvalue weighted by molar-refractivity contribution is 6.24. The van der Waals surface area contributed by atoms with Crippen LogP contribution in [0.5, 0.6) is 11.5 Å². The Bertz CT molecular complexity index is 2370. The molecular weight excluding hydrogens is 754 g/mol. The summed E-state index contributed by atoms with van der Waals surface area (Å²) in [6, 6.07) is 16.6. The van der Waals surface area contributed by atoms with Crippen molar-refractivity contribution in [1.29, 1.82) is 0 Å². The fraction of sp³-hybridized carbons (Fsp3) is 0.275. The van der Waals surface area contributed by atoms with Crippen molar-refractivity contribution >= 4 is 47.3 Å². The zero-order valence-corrected chi connectivity index (χ0v) is 31.0. The minimum atomic E-state index is -1.17. The SMILES string of the molecule is CN(CCNC(=O)CNC(=O)COc1cccc2c1C(=O)N(C1CCC(=O)NC1=O)C2=O)C(=O)c1ccc(-c2cc(C(=O)N[C@@H]3CCc4ccccc43)no2)cc1O. The summed E-state index contributed by atoms with van der Waals surface area (Å²) in [5, 5.41) is 24.7. The van der Waals surface area contributed by atoms with Gasteiger partial charge < -0.3 is 35.2 Å². The normalized spacial score (nSPS) is 16.9. The van der Waals surface area contributed by atoms with E-state index in [1.807, 2.05) is 24.3 Å². The minimum Gasteiger partial charge on any atom is -0.507 e. The zero-order chi connectivity index (χ0) is 41.1. The molecule has 7 rings (SSSR count). The number of phenolic OH excluding ortho intramolecular Hbond substituents is 1. The number of fused-ring (bicyclic) bond motifs is 2. The van der Waals surface area contributed by atoms with Gasteiger partial charge in [-0.3, -0.25) is 48.6 Å². The van der Waals surface area contributed by atoms with E-state index in [0.717, 1.165) is 23.3 Å². The van der Waals surface area contributed by atoms with Crippen LogP contribution < -0.4 is 26.0 Å². The number of piperidine rings is 1. The van der Waals surface area contributed by atoms with E-state index in [1.165, 1.54) is 53.9 Å². The van der Waals surface area contributed by atoms with E-state index in [4.69, 9.17) is 9.26 Å². The van der Waals surface area contributed by atoms with Crippen LogP contribution in [-0.2, 0) is 25.6 Å². The van der Waals surface area contributed by atoms with E-state index in [2.05, 4.69) is 26.4 Å². The van der Waals surface area contributed by atoms with Gasteiger partial charge in [0.15, 0.2) is 18.1 Å². The number of benzene rings is 3. The Kier molecular flexibility index (Phi) is 11.0.